The zero-order valence-electron chi connectivity index (χ0n) is 19.2. The molecule has 0 unspecified atom stereocenters. The van der Waals surface area contributed by atoms with Crippen LogP contribution in [-0.2, 0) is 9.53 Å². The number of rotatable bonds is 4. The normalized spacial score (nSPS) is 27.0. The maximum absolute atomic E-state index is 13.5. The number of alkyl halides is 2. The lowest BCUT2D eigenvalue weighted by molar-refractivity contribution is -0.119. The molecule has 2 aliphatic heterocycles. The van der Waals surface area contributed by atoms with E-state index in [4.69, 9.17) is 16.3 Å². The van der Waals surface area contributed by atoms with Gasteiger partial charge in [-0.2, -0.15) is 0 Å². The summed E-state index contributed by atoms with van der Waals surface area (Å²) < 4.78 is 32.4. The van der Waals surface area contributed by atoms with Gasteiger partial charge in [0.1, 0.15) is 5.82 Å². The van der Waals surface area contributed by atoms with Crippen molar-refractivity contribution in [1.82, 2.24) is 9.88 Å². The number of hydrogen-bond acceptors (Lipinski definition) is 4. The Morgan fingerprint density at radius 3 is 2.50 bits per heavy atom. The molecular formula is C26H30ClF2N3O2. The molecule has 2 aromatic rings. The molecule has 1 N–H and O–H groups in total. The van der Waals surface area contributed by atoms with E-state index in [1.165, 1.54) is 0 Å². The number of nitrogens with one attached hydrogen (secondary N) is 1. The predicted molar refractivity (Wildman–Crippen MR) is 127 cm³/mol. The van der Waals surface area contributed by atoms with Crippen molar-refractivity contribution in [3.63, 3.8) is 0 Å². The third-order valence-corrected chi connectivity index (χ3v) is 9.01. The van der Waals surface area contributed by atoms with Crippen LogP contribution >= 0.6 is 11.6 Å². The fourth-order valence-electron chi connectivity index (χ4n) is 6.17. The van der Waals surface area contributed by atoms with Gasteiger partial charge >= 0.3 is 0 Å². The molecule has 1 atom stereocenters. The van der Waals surface area contributed by atoms with Gasteiger partial charge < -0.3 is 10.1 Å². The van der Waals surface area contributed by atoms with Crippen LogP contribution in [0.3, 0.4) is 0 Å². The van der Waals surface area contributed by atoms with Gasteiger partial charge in [-0.25, -0.2) is 13.8 Å². The molecule has 2 aliphatic carbocycles. The van der Waals surface area contributed by atoms with Crippen LogP contribution in [0.1, 0.15) is 56.4 Å². The Balaban J connectivity index is 1.14. The summed E-state index contributed by atoms with van der Waals surface area (Å²) in [7, 11) is 0. The fraction of sp³-hybridized carbons (Fsp3) is 0.615. The number of anilines is 1. The number of aromatic nitrogens is 1. The van der Waals surface area contributed by atoms with Crippen LogP contribution in [0.2, 0.25) is 5.02 Å². The number of pyridine rings is 1. The SMILES string of the molecule is O=C(Nc1cc2cc(C3CCN(C4COC4)CC3)c(Cl)cc2cn1)[C@H]1CC12CCC(F)(F)CC2. The molecule has 0 radical (unpaired) electrons. The van der Waals surface area contributed by atoms with Gasteiger partial charge in [0.2, 0.25) is 11.8 Å². The highest BCUT2D eigenvalue weighted by Crippen LogP contribution is 2.63. The van der Waals surface area contributed by atoms with Crippen LogP contribution in [0.5, 0.6) is 0 Å². The number of ether oxygens (including phenoxy) is 1. The number of likely N-dealkylation sites (tertiary alicyclic amines) is 1. The highest BCUT2D eigenvalue weighted by Gasteiger charge is 2.60. The Morgan fingerprint density at radius 1 is 1.09 bits per heavy atom. The van der Waals surface area contributed by atoms with E-state index >= 15 is 0 Å². The largest absolute Gasteiger partial charge is 0.378 e. The predicted octanol–water partition coefficient (Wildman–Crippen LogP) is 5.62. The third kappa shape index (κ3) is 4.20. The monoisotopic (exact) mass is 489 g/mol. The second-order valence-electron chi connectivity index (χ2n) is 10.8. The van der Waals surface area contributed by atoms with Crippen molar-refractivity contribution >= 4 is 34.1 Å². The molecule has 182 valence electrons. The maximum atomic E-state index is 13.5. The number of carbonyl (C=O) groups excluding carboxylic acids is 1. The Morgan fingerprint density at radius 2 is 1.82 bits per heavy atom. The minimum atomic E-state index is -2.57. The van der Waals surface area contributed by atoms with Crippen molar-refractivity contribution in [2.75, 3.05) is 31.6 Å². The Labute approximate surface area is 203 Å². The smallest absolute Gasteiger partial charge is 0.248 e. The lowest BCUT2D eigenvalue weighted by Gasteiger charge is -2.41. The standard InChI is InChI=1S/C26H30ClF2N3O2/c27-22-10-18-13-30-23(31-24(33)21-12-25(21)3-5-26(28,29)6-4-25)11-17(18)9-20(22)16-1-7-32(8-2-16)19-14-34-15-19/h9-11,13,16,19,21H,1-8,12,14-15H2,(H,30,31,33)/t21-/m1/s1. The summed E-state index contributed by atoms with van der Waals surface area (Å²) in [6.07, 6.45) is 5.22. The average Bonchev–Trinajstić information content (AvgIpc) is 3.50. The first-order valence-corrected chi connectivity index (χ1v) is 12.8. The fourth-order valence-corrected chi connectivity index (χ4v) is 6.50. The third-order valence-electron chi connectivity index (χ3n) is 8.68. The molecule has 0 bridgehead atoms. The van der Waals surface area contributed by atoms with Gasteiger partial charge in [0.05, 0.1) is 19.3 Å². The molecule has 8 heteroatoms. The van der Waals surface area contributed by atoms with E-state index in [1.54, 1.807) is 6.20 Å². The van der Waals surface area contributed by atoms with E-state index in [2.05, 4.69) is 21.3 Å². The van der Waals surface area contributed by atoms with Gasteiger partial charge in [0.15, 0.2) is 0 Å². The molecule has 2 saturated heterocycles. The van der Waals surface area contributed by atoms with Gasteiger partial charge in [-0.05, 0) is 85.7 Å². The summed E-state index contributed by atoms with van der Waals surface area (Å²) in [6.45, 7) is 3.80. The zero-order valence-corrected chi connectivity index (χ0v) is 19.9. The van der Waals surface area contributed by atoms with E-state index < -0.39 is 5.92 Å². The molecule has 6 rings (SSSR count). The molecule has 3 heterocycles. The zero-order chi connectivity index (χ0) is 23.5. The van der Waals surface area contributed by atoms with Crippen molar-refractivity contribution < 1.29 is 18.3 Å². The minimum Gasteiger partial charge on any atom is -0.378 e. The second kappa shape index (κ2) is 8.38. The van der Waals surface area contributed by atoms with E-state index in [0.29, 0.717) is 37.0 Å². The summed E-state index contributed by atoms with van der Waals surface area (Å²) in [4.78, 5) is 19.8. The summed E-state index contributed by atoms with van der Waals surface area (Å²) in [6, 6.07) is 6.58. The lowest BCUT2D eigenvalue weighted by Crippen LogP contribution is -2.51. The van der Waals surface area contributed by atoms with Gasteiger partial charge in [0.25, 0.3) is 0 Å². The first-order chi connectivity index (χ1) is 16.3. The number of amides is 1. The molecule has 1 aromatic heterocycles. The Hall–Kier alpha value is -1.83. The van der Waals surface area contributed by atoms with Crippen molar-refractivity contribution in [2.45, 2.75) is 62.8 Å². The van der Waals surface area contributed by atoms with E-state index in [-0.39, 0.29) is 30.1 Å². The number of hydrogen-bond donors (Lipinski definition) is 1. The number of fused-ring (bicyclic) bond motifs is 1. The summed E-state index contributed by atoms with van der Waals surface area (Å²) in [5.41, 5.74) is 0.926. The molecule has 1 amide bonds. The van der Waals surface area contributed by atoms with Gasteiger partial charge in [-0.3, -0.25) is 9.69 Å². The molecule has 5 nitrogen and oxygen atoms in total. The Bertz CT molecular complexity index is 1100. The number of carbonyl (C=O) groups is 1. The summed E-state index contributed by atoms with van der Waals surface area (Å²) in [5.74, 6) is -1.94. The van der Waals surface area contributed by atoms with Crippen LogP contribution in [0, 0.1) is 11.3 Å². The molecule has 4 aliphatic rings. The van der Waals surface area contributed by atoms with Gasteiger partial charge in [0, 0.05) is 35.4 Å². The topological polar surface area (TPSA) is 54.5 Å². The van der Waals surface area contributed by atoms with Crippen LogP contribution in [0.25, 0.3) is 10.8 Å². The number of halogens is 3. The molecule has 1 spiro atoms. The van der Waals surface area contributed by atoms with Crippen LogP contribution in [0.15, 0.2) is 24.4 Å². The molecule has 1 aromatic carbocycles. The molecule has 34 heavy (non-hydrogen) atoms. The van der Waals surface area contributed by atoms with Crippen LogP contribution in [0.4, 0.5) is 14.6 Å². The van der Waals surface area contributed by atoms with Gasteiger partial charge in [-0.15, -0.1) is 0 Å². The number of piperidine rings is 1. The number of benzene rings is 1. The molecule has 2 saturated carbocycles. The lowest BCUT2D eigenvalue weighted by atomic mass is 9.82. The van der Waals surface area contributed by atoms with Crippen molar-refractivity contribution in [3.05, 3.63) is 35.0 Å². The highest BCUT2D eigenvalue weighted by atomic mass is 35.5. The Kier molecular flexibility index (Phi) is 5.58. The van der Waals surface area contributed by atoms with Gasteiger partial charge in [-0.1, -0.05) is 11.6 Å². The number of nitrogens with zero attached hydrogens (tertiary/aromatic N) is 2. The minimum absolute atomic E-state index is 0.0985. The summed E-state index contributed by atoms with van der Waals surface area (Å²) in [5, 5.41) is 5.65. The van der Waals surface area contributed by atoms with Crippen LogP contribution < -0.4 is 5.32 Å². The quantitative estimate of drug-likeness (QED) is 0.605. The van der Waals surface area contributed by atoms with Crippen LogP contribution in [-0.4, -0.2) is 54.1 Å². The molecule has 4 fully saturated rings. The average molecular weight is 490 g/mol. The highest BCUT2D eigenvalue weighted by molar-refractivity contribution is 6.32. The van der Waals surface area contributed by atoms with E-state index in [0.717, 1.165) is 60.5 Å². The molecular weight excluding hydrogens is 460 g/mol. The maximum Gasteiger partial charge on any atom is 0.248 e. The second-order valence-corrected chi connectivity index (χ2v) is 11.2. The first-order valence-electron chi connectivity index (χ1n) is 12.4. The van der Waals surface area contributed by atoms with Crippen molar-refractivity contribution in [2.24, 2.45) is 11.3 Å². The van der Waals surface area contributed by atoms with E-state index in [1.807, 2.05) is 12.1 Å². The van der Waals surface area contributed by atoms with Crippen molar-refractivity contribution in [1.29, 1.82) is 0 Å². The first kappa shape index (κ1) is 22.6. The van der Waals surface area contributed by atoms with E-state index in [9.17, 15) is 13.6 Å². The van der Waals surface area contributed by atoms with Crippen molar-refractivity contribution in [3.8, 4) is 0 Å². The summed E-state index contributed by atoms with van der Waals surface area (Å²) >= 11 is 6.67.